The Balaban J connectivity index is 0.00000300. The second-order valence-corrected chi connectivity index (χ2v) is 7.57. The molecule has 3 rings (SSSR count). The number of rotatable bonds is 6. The van der Waals surface area contributed by atoms with Gasteiger partial charge in [-0.25, -0.2) is 4.99 Å². The number of hydrogen-bond donors (Lipinski definition) is 4. The van der Waals surface area contributed by atoms with E-state index >= 15 is 0 Å². The summed E-state index contributed by atoms with van der Waals surface area (Å²) in [7, 11) is 0. The number of phenols is 1. The van der Waals surface area contributed by atoms with Gasteiger partial charge in [0.15, 0.2) is 5.96 Å². The first-order valence-electron chi connectivity index (χ1n) is 9.56. The van der Waals surface area contributed by atoms with Crippen molar-refractivity contribution in [3.8, 4) is 5.75 Å². The van der Waals surface area contributed by atoms with Crippen molar-refractivity contribution in [2.75, 3.05) is 36.4 Å². The van der Waals surface area contributed by atoms with E-state index in [0.717, 1.165) is 32.5 Å². The Hall–Kier alpha value is -2.01. The molecule has 29 heavy (non-hydrogen) atoms. The van der Waals surface area contributed by atoms with Crippen molar-refractivity contribution in [2.45, 2.75) is 25.8 Å². The smallest absolute Gasteiger partial charge is 0.246 e. The number of hydrogen-bond acceptors (Lipinski definition) is 5. The first-order chi connectivity index (χ1) is 13.6. The summed E-state index contributed by atoms with van der Waals surface area (Å²) in [4.78, 5) is 19.0. The van der Waals surface area contributed by atoms with Crippen LogP contribution in [0.15, 0.2) is 46.8 Å². The summed E-state index contributed by atoms with van der Waals surface area (Å²) in [5.41, 5.74) is 0.636. The number of halogens is 1. The van der Waals surface area contributed by atoms with Gasteiger partial charge in [-0.2, -0.15) is 0 Å². The summed E-state index contributed by atoms with van der Waals surface area (Å²) in [6.07, 6.45) is 2.06. The number of anilines is 2. The molecule has 4 N–H and O–H groups in total. The fourth-order valence-corrected chi connectivity index (χ4v) is 3.89. The molecule has 0 unspecified atom stereocenters. The van der Waals surface area contributed by atoms with E-state index in [9.17, 15) is 9.90 Å². The van der Waals surface area contributed by atoms with Crippen LogP contribution in [0.2, 0.25) is 0 Å². The van der Waals surface area contributed by atoms with E-state index in [4.69, 9.17) is 0 Å². The lowest BCUT2D eigenvalue weighted by atomic mass is 10.1. The predicted octanol–water partition coefficient (Wildman–Crippen LogP) is 3.23. The summed E-state index contributed by atoms with van der Waals surface area (Å²) in [6.45, 7) is 4.80. The Morgan fingerprint density at radius 2 is 1.97 bits per heavy atom. The fraction of sp³-hybridized carbons (Fsp3) is 0.400. The normalized spacial score (nSPS) is 14.8. The number of phenolic OH excluding ortho intramolecular Hbond substituents is 1. The van der Waals surface area contributed by atoms with Crippen molar-refractivity contribution < 1.29 is 9.90 Å². The monoisotopic (exact) mass is 529 g/mol. The largest absolute Gasteiger partial charge is 0.508 e. The molecular weight excluding hydrogens is 501 g/mol. The molecule has 1 amide bonds. The van der Waals surface area contributed by atoms with E-state index in [2.05, 4.69) is 43.4 Å². The molecule has 0 radical (unpaired) electrons. The summed E-state index contributed by atoms with van der Waals surface area (Å²) in [5.74, 6) is 0.633. The lowest BCUT2D eigenvalue weighted by Crippen LogP contribution is -2.48. The Bertz CT molecular complexity index is 775. The maximum absolute atomic E-state index is 12.1. The number of piperidine rings is 1. The number of aromatic hydroxyl groups is 1. The first-order valence-corrected chi connectivity index (χ1v) is 10.4. The quantitative estimate of drug-likeness (QED) is 0.200. The number of aliphatic imine (C=N–C) groups is 1. The predicted molar refractivity (Wildman–Crippen MR) is 131 cm³/mol. The summed E-state index contributed by atoms with van der Waals surface area (Å²) in [6, 6.07) is 11.0. The number of benzene rings is 1. The molecule has 2 heterocycles. The minimum absolute atomic E-state index is 0. The van der Waals surface area contributed by atoms with Gasteiger partial charge in [0.1, 0.15) is 12.3 Å². The minimum atomic E-state index is -0.199. The van der Waals surface area contributed by atoms with E-state index in [-0.39, 0.29) is 42.2 Å². The number of carbonyl (C=O) groups excluding carboxylic acids is 1. The van der Waals surface area contributed by atoms with Gasteiger partial charge >= 0.3 is 0 Å². The van der Waals surface area contributed by atoms with E-state index in [1.165, 1.54) is 17.1 Å². The zero-order valence-electron chi connectivity index (χ0n) is 16.4. The van der Waals surface area contributed by atoms with Gasteiger partial charge in [0, 0.05) is 31.4 Å². The standard InChI is InChI=1S/C20H27N5O2S.HI/c1-2-21-20(22-14-18(27)23-15-5-7-17(26)8-6-15)24-16-9-11-25(12-10-16)19-4-3-13-28-19;/h3-8,13,16,26H,2,9-12,14H2,1H3,(H,23,27)(H2,21,22,24);1H. The summed E-state index contributed by atoms with van der Waals surface area (Å²) in [5, 5.41) is 22.2. The van der Waals surface area contributed by atoms with Gasteiger partial charge in [-0.3, -0.25) is 4.79 Å². The van der Waals surface area contributed by atoms with Gasteiger partial charge in [0.05, 0.1) is 5.00 Å². The van der Waals surface area contributed by atoms with Crippen molar-refractivity contribution in [3.63, 3.8) is 0 Å². The lowest BCUT2D eigenvalue weighted by Gasteiger charge is -2.33. The van der Waals surface area contributed by atoms with Crippen LogP contribution < -0.4 is 20.9 Å². The molecule has 0 aliphatic carbocycles. The van der Waals surface area contributed by atoms with Crippen LogP contribution in [-0.4, -0.2) is 49.2 Å². The molecule has 1 fully saturated rings. The van der Waals surface area contributed by atoms with Crippen LogP contribution >= 0.6 is 35.3 Å². The highest BCUT2D eigenvalue weighted by molar-refractivity contribution is 14.0. The summed E-state index contributed by atoms with van der Waals surface area (Å²) >= 11 is 1.78. The van der Waals surface area contributed by atoms with Crippen molar-refractivity contribution in [3.05, 3.63) is 41.8 Å². The van der Waals surface area contributed by atoms with Gasteiger partial charge in [-0.05, 0) is 61.5 Å². The second kappa shape index (κ2) is 11.9. The first kappa shape index (κ1) is 23.3. The lowest BCUT2D eigenvalue weighted by molar-refractivity contribution is -0.114. The van der Waals surface area contributed by atoms with E-state index in [0.29, 0.717) is 17.7 Å². The number of carbonyl (C=O) groups is 1. The third kappa shape index (κ3) is 7.39. The Morgan fingerprint density at radius 3 is 2.59 bits per heavy atom. The van der Waals surface area contributed by atoms with Crippen LogP contribution in [0, 0.1) is 0 Å². The molecule has 1 aliphatic rings. The van der Waals surface area contributed by atoms with Crippen molar-refractivity contribution in [1.29, 1.82) is 0 Å². The second-order valence-electron chi connectivity index (χ2n) is 6.65. The van der Waals surface area contributed by atoms with Gasteiger partial charge in [0.25, 0.3) is 0 Å². The molecule has 1 aromatic heterocycles. The molecular formula is C20H28IN5O2S. The van der Waals surface area contributed by atoms with Crippen LogP contribution in [0.4, 0.5) is 10.7 Å². The van der Waals surface area contributed by atoms with Crippen molar-refractivity contribution >= 4 is 57.9 Å². The molecule has 158 valence electrons. The SMILES string of the molecule is CCNC(=NCC(=O)Nc1ccc(O)cc1)NC1CCN(c2cccs2)CC1.I. The zero-order valence-corrected chi connectivity index (χ0v) is 19.6. The van der Waals surface area contributed by atoms with Crippen LogP contribution in [0.5, 0.6) is 5.75 Å². The summed E-state index contributed by atoms with van der Waals surface area (Å²) < 4.78 is 0. The third-order valence-electron chi connectivity index (χ3n) is 4.53. The number of thiophene rings is 1. The number of guanidine groups is 1. The highest BCUT2D eigenvalue weighted by atomic mass is 127. The molecule has 0 atom stereocenters. The average molecular weight is 529 g/mol. The molecule has 9 heteroatoms. The van der Waals surface area contributed by atoms with Crippen LogP contribution in [0.1, 0.15) is 19.8 Å². The van der Waals surface area contributed by atoms with Crippen molar-refractivity contribution in [2.24, 2.45) is 4.99 Å². The molecule has 2 aromatic rings. The highest BCUT2D eigenvalue weighted by Crippen LogP contribution is 2.24. The number of nitrogens with one attached hydrogen (secondary N) is 3. The van der Waals surface area contributed by atoms with E-state index in [1.807, 2.05) is 6.92 Å². The Labute approximate surface area is 192 Å². The minimum Gasteiger partial charge on any atom is -0.508 e. The van der Waals surface area contributed by atoms with Gasteiger partial charge in [-0.15, -0.1) is 35.3 Å². The van der Waals surface area contributed by atoms with Crippen LogP contribution in [0.3, 0.4) is 0 Å². The van der Waals surface area contributed by atoms with Crippen LogP contribution in [-0.2, 0) is 4.79 Å². The van der Waals surface area contributed by atoms with E-state index < -0.39 is 0 Å². The highest BCUT2D eigenvalue weighted by Gasteiger charge is 2.20. The molecule has 7 nitrogen and oxygen atoms in total. The van der Waals surface area contributed by atoms with Crippen molar-refractivity contribution in [1.82, 2.24) is 10.6 Å². The topological polar surface area (TPSA) is 89.0 Å². The van der Waals surface area contributed by atoms with Gasteiger partial charge in [-0.1, -0.05) is 0 Å². The zero-order chi connectivity index (χ0) is 19.8. The van der Waals surface area contributed by atoms with Gasteiger partial charge in [0.2, 0.25) is 5.91 Å². The van der Waals surface area contributed by atoms with Gasteiger partial charge < -0.3 is 26.0 Å². The molecule has 0 spiro atoms. The maximum Gasteiger partial charge on any atom is 0.246 e. The molecule has 1 aliphatic heterocycles. The van der Waals surface area contributed by atoms with Crippen LogP contribution in [0.25, 0.3) is 0 Å². The number of nitrogens with zero attached hydrogens (tertiary/aromatic N) is 2. The Morgan fingerprint density at radius 1 is 1.24 bits per heavy atom. The average Bonchev–Trinajstić information content (AvgIpc) is 3.23. The number of amides is 1. The Kier molecular flexibility index (Phi) is 9.52. The molecule has 0 saturated carbocycles. The third-order valence-corrected chi connectivity index (χ3v) is 5.46. The van der Waals surface area contributed by atoms with E-state index in [1.54, 1.807) is 23.5 Å². The molecule has 1 saturated heterocycles. The maximum atomic E-state index is 12.1. The molecule has 0 bridgehead atoms. The fourth-order valence-electron chi connectivity index (χ4n) is 3.10. The molecule has 1 aromatic carbocycles.